The minimum absolute atomic E-state index is 0.0658. The summed E-state index contributed by atoms with van der Waals surface area (Å²) in [6.45, 7) is 0. The second kappa shape index (κ2) is 9.46. The molecule has 3 rings (SSSR count). The number of para-hydroxylation sites is 1. The summed E-state index contributed by atoms with van der Waals surface area (Å²) in [5.41, 5.74) is 0.736. The molecule has 0 aliphatic heterocycles. The zero-order valence-electron chi connectivity index (χ0n) is 15.2. The first-order chi connectivity index (χ1) is 14.2. The quantitative estimate of drug-likeness (QED) is 0.435. The number of amides is 1. The number of nitrogens with one attached hydrogen (secondary N) is 2. The van der Waals surface area contributed by atoms with Crippen LogP contribution in [0.5, 0.6) is 0 Å². The van der Waals surface area contributed by atoms with E-state index in [1.807, 2.05) is 0 Å². The van der Waals surface area contributed by atoms with E-state index in [1.54, 1.807) is 18.2 Å². The van der Waals surface area contributed by atoms with Crippen LogP contribution in [0.3, 0.4) is 0 Å². The molecule has 156 valence electrons. The number of carbonyl (C=O) groups excluding carboxylic acids is 1. The third-order valence-corrected chi connectivity index (χ3v) is 6.28. The van der Waals surface area contributed by atoms with E-state index in [4.69, 9.17) is 11.6 Å². The molecule has 0 unspecified atom stereocenters. The molecule has 0 saturated carbocycles. The molecule has 0 spiro atoms. The van der Waals surface area contributed by atoms with E-state index in [0.29, 0.717) is 16.7 Å². The lowest BCUT2D eigenvalue weighted by molar-refractivity contribution is 0.102. The van der Waals surface area contributed by atoms with Crippen LogP contribution >= 0.6 is 23.4 Å². The van der Waals surface area contributed by atoms with Gasteiger partial charge >= 0.3 is 0 Å². The average molecular weight is 469 g/mol. The number of thioether (sulfide) groups is 1. The topological polar surface area (TPSA) is 75.3 Å². The van der Waals surface area contributed by atoms with Gasteiger partial charge in [0.15, 0.2) is 0 Å². The van der Waals surface area contributed by atoms with Gasteiger partial charge in [0, 0.05) is 16.1 Å². The van der Waals surface area contributed by atoms with E-state index in [-0.39, 0.29) is 26.9 Å². The number of hydrogen-bond acceptors (Lipinski definition) is 4. The molecule has 0 fully saturated rings. The standard InChI is InChI=1S/C20H15ClF2N2O3S2/c21-17-6-1-2-7-18(17)25-30(27,28)16-5-3-4-14(12-16)24-19(26)13-8-10-15(11-9-13)29-20(22)23/h1-12,20,25H,(H,24,26). The molecule has 0 saturated heterocycles. The summed E-state index contributed by atoms with van der Waals surface area (Å²) in [6, 6.07) is 17.8. The molecule has 3 aromatic carbocycles. The minimum atomic E-state index is -3.94. The van der Waals surface area contributed by atoms with E-state index in [0.717, 1.165) is 0 Å². The normalized spacial score (nSPS) is 11.3. The Morgan fingerprint density at radius 3 is 2.33 bits per heavy atom. The lowest BCUT2D eigenvalue weighted by Crippen LogP contribution is -2.15. The maximum absolute atomic E-state index is 12.6. The summed E-state index contributed by atoms with van der Waals surface area (Å²) in [5, 5.41) is 2.84. The van der Waals surface area contributed by atoms with Crippen molar-refractivity contribution in [2.24, 2.45) is 0 Å². The number of anilines is 2. The fourth-order valence-corrected chi connectivity index (χ4v) is 4.34. The third kappa shape index (κ3) is 5.71. The Morgan fingerprint density at radius 2 is 1.67 bits per heavy atom. The second-order valence-electron chi connectivity index (χ2n) is 5.97. The van der Waals surface area contributed by atoms with Crippen LogP contribution in [0.1, 0.15) is 10.4 Å². The Morgan fingerprint density at radius 1 is 0.967 bits per heavy atom. The highest BCUT2D eigenvalue weighted by molar-refractivity contribution is 7.99. The van der Waals surface area contributed by atoms with Gasteiger partial charge in [-0.1, -0.05) is 41.6 Å². The summed E-state index contributed by atoms with van der Waals surface area (Å²) in [6.07, 6.45) is 0. The fraction of sp³-hybridized carbons (Fsp3) is 0.0500. The van der Waals surface area contributed by atoms with Gasteiger partial charge in [0.1, 0.15) is 0 Å². The van der Waals surface area contributed by atoms with E-state index >= 15 is 0 Å². The summed E-state index contributed by atoms with van der Waals surface area (Å²) in [7, 11) is -3.94. The van der Waals surface area contributed by atoms with Gasteiger partial charge < -0.3 is 5.32 Å². The summed E-state index contributed by atoms with van der Waals surface area (Å²) >= 11 is 6.38. The van der Waals surface area contributed by atoms with Crippen LogP contribution in [0, 0.1) is 0 Å². The zero-order chi connectivity index (χ0) is 21.7. The largest absolute Gasteiger partial charge is 0.322 e. The molecule has 10 heteroatoms. The molecule has 0 aliphatic carbocycles. The van der Waals surface area contributed by atoms with Crippen molar-refractivity contribution in [2.45, 2.75) is 15.5 Å². The number of rotatable bonds is 7. The van der Waals surface area contributed by atoms with E-state index < -0.39 is 21.7 Å². The first kappa shape index (κ1) is 22.1. The van der Waals surface area contributed by atoms with Crippen LogP contribution in [0.2, 0.25) is 5.02 Å². The Kier molecular flexibility index (Phi) is 6.96. The van der Waals surface area contributed by atoms with E-state index in [1.165, 1.54) is 54.6 Å². The summed E-state index contributed by atoms with van der Waals surface area (Å²) < 4.78 is 52.4. The molecule has 1 amide bonds. The molecular weight excluding hydrogens is 454 g/mol. The molecule has 30 heavy (non-hydrogen) atoms. The van der Waals surface area contributed by atoms with Crippen LogP contribution in [-0.4, -0.2) is 20.1 Å². The van der Waals surface area contributed by atoms with Gasteiger partial charge in [-0.3, -0.25) is 9.52 Å². The molecule has 0 aromatic heterocycles. The van der Waals surface area contributed by atoms with E-state index in [9.17, 15) is 22.0 Å². The molecular formula is C20H15ClF2N2O3S2. The van der Waals surface area contributed by atoms with Crippen LogP contribution in [0.4, 0.5) is 20.2 Å². The monoisotopic (exact) mass is 468 g/mol. The number of hydrogen-bond donors (Lipinski definition) is 2. The lowest BCUT2D eigenvalue weighted by Gasteiger charge is -2.11. The van der Waals surface area contributed by atoms with Gasteiger partial charge in [-0.05, 0) is 54.6 Å². The molecule has 3 aromatic rings. The Bertz CT molecular complexity index is 1160. The van der Waals surface area contributed by atoms with Gasteiger partial charge in [-0.25, -0.2) is 8.42 Å². The van der Waals surface area contributed by atoms with Gasteiger partial charge in [0.25, 0.3) is 21.7 Å². The van der Waals surface area contributed by atoms with Crippen LogP contribution in [0.25, 0.3) is 0 Å². The third-order valence-electron chi connectivity index (χ3n) is 3.86. The van der Waals surface area contributed by atoms with Gasteiger partial charge in [-0.2, -0.15) is 8.78 Å². The molecule has 0 atom stereocenters. The second-order valence-corrected chi connectivity index (χ2v) is 9.12. The molecule has 0 heterocycles. The number of carbonyl (C=O) groups is 1. The van der Waals surface area contributed by atoms with Crippen LogP contribution < -0.4 is 10.0 Å². The summed E-state index contributed by atoms with van der Waals surface area (Å²) in [5.74, 6) is -3.05. The zero-order valence-corrected chi connectivity index (χ0v) is 17.6. The number of benzene rings is 3. The minimum Gasteiger partial charge on any atom is -0.322 e. The first-order valence-electron chi connectivity index (χ1n) is 8.48. The molecule has 0 radical (unpaired) electrons. The number of sulfonamides is 1. The highest BCUT2D eigenvalue weighted by Crippen LogP contribution is 2.26. The highest BCUT2D eigenvalue weighted by atomic mass is 35.5. The van der Waals surface area contributed by atoms with Crippen molar-refractivity contribution in [2.75, 3.05) is 10.0 Å². The van der Waals surface area contributed by atoms with Gasteiger partial charge in [-0.15, -0.1) is 0 Å². The SMILES string of the molecule is O=C(Nc1cccc(S(=O)(=O)Nc2ccccc2Cl)c1)c1ccc(SC(F)F)cc1. The maximum atomic E-state index is 12.6. The average Bonchev–Trinajstić information content (AvgIpc) is 2.70. The van der Waals surface area contributed by atoms with Crippen molar-refractivity contribution >= 4 is 50.7 Å². The fourth-order valence-electron chi connectivity index (χ4n) is 2.48. The Hall–Kier alpha value is -2.62. The number of halogens is 3. The van der Waals surface area contributed by atoms with Crippen LogP contribution in [-0.2, 0) is 10.0 Å². The van der Waals surface area contributed by atoms with Crippen molar-refractivity contribution < 1.29 is 22.0 Å². The molecule has 0 bridgehead atoms. The predicted octanol–water partition coefficient (Wildman–Crippen LogP) is 5.71. The van der Waals surface area contributed by atoms with Gasteiger partial charge in [0.2, 0.25) is 0 Å². The van der Waals surface area contributed by atoms with Crippen molar-refractivity contribution in [3.8, 4) is 0 Å². The lowest BCUT2D eigenvalue weighted by atomic mass is 10.2. The smallest absolute Gasteiger partial charge is 0.288 e. The molecule has 5 nitrogen and oxygen atoms in total. The number of alkyl halides is 2. The van der Waals surface area contributed by atoms with Crippen LogP contribution in [0.15, 0.2) is 82.6 Å². The van der Waals surface area contributed by atoms with Crippen molar-refractivity contribution in [3.05, 3.63) is 83.4 Å². The van der Waals surface area contributed by atoms with Gasteiger partial charge in [0.05, 0.1) is 15.6 Å². The Labute approximate surface area is 181 Å². The van der Waals surface area contributed by atoms with Crippen molar-refractivity contribution in [3.63, 3.8) is 0 Å². The van der Waals surface area contributed by atoms with Crippen molar-refractivity contribution in [1.82, 2.24) is 0 Å². The predicted molar refractivity (Wildman–Crippen MR) is 115 cm³/mol. The molecule has 0 aliphatic rings. The van der Waals surface area contributed by atoms with Crippen molar-refractivity contribution in [1.29, 1.82) is 0 Å². The highest BCUT2D eigenvalue weighted by Gasteiger charge is 2.17. The maximum Gasteiger partial charge on any atom is 0.288 e. The Balaban J connectivity index is 1.75. The molecule has 2 N–H and O–H groups in total. The van der Waals surface area contributed by atoms with E-state index in [2.05, 4.69) is 10.0 Å². The summed E-state index contributed by atoms with van der Waals surface area (Å²) in [4.78, 5) is 12.7. The first-order valence-corrected chi connectivity index (χ1v) is 11.2.